The Kier molecular flexibility index (Phi) is 3.40. The van der Waals surface area contributed by atoms with Crippen LogP contribution in [0.4, 0.5) is 0 Å². The molecule has 0 aromatic heterocycles. The number of rotatable bonds is 0. The first-order valence-corrected chi connectivity index (χ1v) is 4.13. The van der Waals surface area contributed by atoms with Gasteiger partial charge in [0.1, 0.15) is 0 Å². The van der Waals surface area contributed by atoms with Gasteiger partial charge in [-0.3, -0.25) is 0 Å². The van der Waals surface area contributed by atoms with Crippen LogP contribution in [-0.2, 0) is 0 Å². The summed E-state index contributed by atoms with van der Waals surface area (Å²) < 4.78 is 0.951. The molecule has 2 nitrogen and oxygen atoms in total. The minimum absolute atomic E-state index is 0.0187. The summed E-state index contributed by atoms with van der Waals surface area (Å²) in [5.74, 6) is 0. The summed E-state index contributed by atoms with van der Waals surface area (Å²) in [7, 11) is 3.95. The normalized spacial score (nSPS) is 13.5. The second-order valence-corrected chi connectivity index (χ2v) is 4.23. The Bertz CT molecular complexity index is 133. The van der Waals surface area contributed by atoms with Crippen LogP contribution in [0.3, 0.4) is 0 Å². The van der Waals surface area contributed by atoms with E-state index in [4.69, 9.17) is 0 Å². The molecule has 0 unspecified atom stereocenters. The molecule has 0 bridgehead atoms. The summed E-state index contributed by atoms with van der Waals surface area (Å²) in [6.45, 7) is 6.23. The van der Waals surface area contributed by atoms with E-state index in [1.807, 2.05) is 19.0 Å². The fraction of sp³-hybridized carbons (Fsp3) is 0.857. The van der Waals surface area contributed by atoms with Crippen LogP contribution in [0.25, 0.3) is 0 Å². The summed E-state index contributed by atoms with van der Waals surface area (Å²) in [6.07, 6.45) is 0. The van der Waals surface area contributed by atoms with E-state index in [0.29, 0.717) is 0 Å². The van der Waals surface area contributed by atoms with Gasteiger partial charge in [0.2, 0.25) is 0 Å². The molecule has 10 heavy (non-hydrogen) atoms. The molecule has 0 aliphatic carbocycles. The third kappa shape index (κ3) is 4.83. The molecule has 0 fully saturated rings. The van der Waals surface area contributed by atoms with E-state index < -0.39 is 0 Å². The van der Waals surface area contributed by atoms with Crippen LogP contribution in [0.15, 0.2) is 4.99 Å². The van der Waals surface area contributed by atoms with Crippen molar-refractivity contribution < 1.29 is 0 Å². The zero-order valence-electron chi connectivity index (χ0n) is 7.30. The topological polar surface area (TPSA) is 15.6 Å². The van der Waals surface area contributed by atoms with E-state index in [1.54, 1.807) is 0 Å². The summed E-state index contributed by atoms with van der Waals surface area (Å²) in [4.78, 5) is 6.36. The van der Waals surface area contributed by atoms with Crippen molar-refractivity contribution in [3.8, 4) is 0 Å². The average Bonchev–Trinajstić information content (AvgIpc) is 1.60. The van der Waals surface area contributed by atoms with Gasteiger partial charge in [0.05, 0.1) is 0 Å². The van der Waals surface area contributed by atoms with Crippen molar-refractivity contribution in [1.29, 1.82) is 0 Å². The Balaban J connectivity index is 4.17. The zero-order chi connectivity index (χ0) is 8.36. The van der Waals surface area contributed by atoms with Crippen LogP contribution in [0, 0.1) is 0 Å². The van der Waals surface area contributed by atoms with Gasteiger partial charge < -0.3 is 0 Å². The maximum absolute atomic E-state index is 4.40. The Morgan fingerprint density at radius 3 is 1.80 bits per heavy atom. The molecular formula is C7H15N2Se. The van der Waals surface area contributed by atoms with Gasteiger partial charge in [-0.25, -0.2) is 0 Å². The Morgan fingerprint density at radius 1 is 1.30 bits per heavy atom. The minimum atomic E-state index is 0.0187. The van der Waals surface area contributed by atoms with Crippen molar-refractivity contribution in [2.45, 2.75) is 26.3 Å². The molecule has 3 heteroatoms. The molecule has 0 rings (SSSR count). The standard InChI is InChI=1S/C7H15N2Se/c1-7(2,3)8-6(10)9(4)5/h1-5H3. The van der Waals surface area contributed by atoms with Gasteiger partial charge in [0.15, 0.2) is 0 Å². The van der Waals surface area contributed by atoms with Gasteiger partial charge in [-0.2, -0.15) is 0 Å². The van der Waals surface area contributed by atoms with Gasteiger partial charge in [-0.15, -0.1) is 0 Å². The van der Waals surface area contributed by atoms with Gasteiger partial charge in [0.25, 0.3) is 0 Å². The van der Waals surface area contributed by atoms with E-state index in [1.165, 1.54) is 0 Å². The quantitative estimate of drug-likeness (QED) is 0.326. The Morgan fingerprint density at radius 2 is 1.70 bits per heavy atom. The Hall–Kier alpha value is -0.0105. The maximum atomic E-state index is 4.40. The van der Waals surface area contributed by atoms with Crippen LogP contribution in [0.1, 0.15) is 20.8 Å². The monoisotopic (exact) mass is 207 g/mol. The molecular weight excluding hydrogens is 191 g/mol. The van der Waals surface area contributed by atoms with Crippen molar-refractivity contribution in [2.24, 2.45) is 4.99 Å². The number of aliphatic imine (C=N–C) groups is 1. The molecule has 0 amide bonds. The molecule has 0 aliphatic rings. The predicted octanol–water partition coefficient (Wildman–Crippen LogP) is 0.871. The molecule has 59 valence electrons. The van der Waals surface area contributed by atoms with Crippen LogP contribution < -0.4 is 0 Å². The van der Waals surface area contributed by atoms with Gasteiger partial charge in [-0.05, 0) is 0 Å². The molecule has 0 N–H and O–H groups in total. The summed E-state index contributed by atoms with van der Waals surface area (Å²) in [6, 6.07) is 0. The average molecular weight is 206 g/mol. The predicted molar refractivity (Wildman–Crippen MR) is 46.6 cm³/mol. The van der Waals surface area contributed by atoms with Crippen molar-refractivity contribution in [2.75, 3.05) is 14.1 Å². The van der Waals surface area contributed by atoms with Gasteiger partial charge >= 0.3 is 71.0 Å². The van der Waals surface area contributed by atoms with E-state index >= 15 is 0 Å². The number of hydrogen-bond donors (Lipinski definition) is 0. The number of hydrogen-bond acceptors (Lipinski definition) is 1. The fourth-order valence-electron chi connectivity index (χ4n) is 0.387. The van der Waals surface area contributed by atoms with Crippen LogP contribution in [-0.4, -0.2) is 45.3 Å². The van der Waals surface area contributed by atoms with E-state index in [-0.39, 0.29) is 5.54 Å². The molecule has 0 aromatic carbocycles. The first kappa shape index (κ1) is 9.99. The molecule has 0 heterocycles. The van der Waals surface area contributed by atoms with Crippen molar-refractivity contribution in [3.05, 3.63) is 0 Å². The second-order valence-electron chi connectivity index (χ2n) is 3.46. The molecule has 0 aliphatic heterocycles. The molecule has 0 saturated heterocycles. The summed E-state index contributed by atoms with van der Waals surface area (Å²) in [5.41, 5.74) is 0.0187. The second kappa shape index (κ2) is 3.40. The molecule has 1 radical (unpaired) electrons. The third-order valence-corrected chi connectivity index (χ3v) is 1.77. The molecule has 0 spiro atoms. The van der Waals surface area contributed by atoms with Crippen LogP contribution in [0.5, 0.6) is 0 Å². The number of nitrogens with zero attached hydrogens (tertiary/aromatic N) is 2. The third-order valence-electron chi connectivity index (χ3n) is 0.814. The first-order chi connectivity index (χ1) is 4.33. The van der Waals surface area contributed by atoms with E-state index in [0.717, 1.165) is 4.73 Å². The Labute approximate surface area is 71.5 Å². The van der Waals surface area contributed by atoms with Crippen LogP contribution in [0.2, 0.25) is 0 Å². The molecule has 0 saturated carbocycles. The number of amidine groups is 1. The van der Waals surface area contributed by atoms with Gasteiger partial charge in [-0.1, -0.05) is 0 Å². The first-order valence-electron chi connectivity index (χ1n) is 3.27. The van der Waals surface area contributed by atoms with Crippen molar-refractivity contribution in [1.82, 2.24) is 4.90 Å². The van der Waals surface area contributed by atoms with Crippen LogP contribution >= 0.6 is 0 Å². The van der Waals surface area contributed by atoms with E-state index in [9.17, 15) is 0 Å². The molecule has 0 aromatic rings. The van der Waals surface area contributed by atoms with Crippen molar-refractivity contribution in [3.63, 3.8) is 0 Å². The zero-order valence-corrected chi connectivity index (χ0v) is 9.02. The summed E-state index contributed by atoms with van der Waals surface area (Å²) >= 11 is 2.91. The van der Waals surface area contributed by atoms with E-state index in [2.05, 4.69) is 41.8 Å². The van der Waals surface area contributed by atoms with Gasteiger partial charge in [0, 0.05) is 0 Å². The molecule has 0 atom stereocenters. The van der Waals surface area contributed by atoms with Crippen molar-refractivity contribution >= 4 is 20.7 Å². The fourth-order valence-corrected chi connectivity index (χ4v) is 0.962. The SMILES string of the molecule is CN(C)C([Se])=NC(C)(C)C. The summed E-state index contributed by atoms with van der Waals surface area (Å²) in [5, 5.41) is 0.